The van der Waals surface area contributed by atoms with Crippen LogP contribution in [0.4, 0.5) is 5.69 Å². The fourth-order valence-electron chi connectivity index (χ4n) is 3.03. The number of para-hydroxylation sites is 2. The SMILES string of the molecule is COCCCn1c(SCC(=O)N(CC#N)c2ccccc2)nc2ccccc2c1=O. The third kappa shape index (κ3) is 5.06. The van der Waals surface area contributed by atoms with Gasteiger partial charge in [-0.3, -0.25) is 19.1 Å². The third-order valence-electron chi connectivity index (χ3n) is 4.48. The molecular weight excluding hydrogens is 400 g/mol. The number of hydrogen-bond donors (Lipinski definition) is 0. The second kappa shape index (κ2) is 10.6. The fourth-order valence-corrected chi connectivity index (χ4v) is 3.93. The van der Waals surface area contributed by atoms with Crippen molar-refractivity contribution in [3.63, 3.8) is 0 Å². The van der Waals surface area contributed by atoms with Crippen LogP contribution in [0, 0.1) is 11.3 Å². The zero-order valence-electron chi connectivity index (χ0n) is 16.7. The van der Waals surface area contributed by atoms with Crippen LogP contribution < -0.4 is 10.5 Å². The molecule has 2 aromatic carbocycles. The van der Waals surface area contributed by atoms with Crippen LogP contribution in [0.5, 0.6) is 0 Å². The van der Waals surface area contributed by atoms with E-state index in [2.05, 4.69) is 4.98 Å². The van der Waals surface area contributed by atoms with Gasteiger partial charge < -0.3 is 4.74 Å². The number of nitrogens with zero attached hydrogens (tertiary/aromatic N) is 4. The lowest BCUT2D eigenvalue weighted by atomic mass is 10.2. The van der Waals surface area contributed by atoms with Crippen LogP contribution >= 0.6 is 11.8 Å². The van der Waals surface area contributed by atoms with Crippen molar-refractivity contribution in [2.75, 3.05) is 30.9 Å². The number of aromatic nitrogens is 2. The summed E-state index contributed by atoms with van der Waals surface area (Å²) >= 11 is 1.20. The van der Waals surface area contributed by atoms with E-state index in [1.54, 1.807) is 42.0 Å². The van der Waals surface area contributed by atoms with Crippen LogP contribution in [0.25, 0.3) is 10.9 Å². The Kier molecular flexibility index (Phi) is 7.60. The zero-order chi connectivity index (χ0) is 21.3. The van der Waals surface area contributed by atoms with E-state index in [0.29, 0.717) is 41.3 Å². The molecule has 0 aliphatic carbocycles. The van der Waals surface area contributed by atoms with E-state index in [4.69, 9.17) is 10.00 Å². The topological polar surface area (TPSA) is 88.2 Å². The van der Waals surface area contributed by atoms with Gasteiger partial charge in [-0.15, -0.1) is 0 Å². The lowest BCUT2D eigenvalue weighted by Crippen LogP contribution is -2.33. The summed E-state index contributed by atoms with van der Waals surface area (Å²) in [5.74, 6) is -0.162. The Hall–Kier alpha value is -3.15. The molecule has 1 amide bonds. The fraction of sp³-hybridized carbons (Fsp3) is 0.273. The minimum absolute atomic E-state index is 0.0464. The summed E-state index contributed by atoms with van der Waals surface area (Å²) in [5.41, 5.74) is 1.12. The summed E-state index contributed by atoms with van der Waals surface area (Å²) in [7, 11) is 1.61. The Morgan fingerprint density at radius 2 is 1.93 bits per heavy atom. The zero-order valence-corrected chi connectivity index (χ0v) is 17.5. The highest BCUT2D eigenvalue weighted by Crippen LogP contribution is 2.21. The number of thioether (sulfide) groups is 1. The van der Waals surface area contributed by atoms with Gasteiger partial charge in [0.25, 0.3) is 5.56 Å². The summed E-state index contributed by atoms with van der Waals surface area (Å²) in [6.07, 6.45) is 0.655. The van der Waals surface area contributed by atoms with Crippen LogP contribution in [0.1, 0.15) is 6.42 Å². The summed E-state index contributed by atoms with van der Waals surface area (Å²) in [6.45, 7) is 0.920. The van der Waals surface area contributed by atoms with Gasteiger partial charge in [0.05, 0.1) is 22.7 Å². The molecule has 0 aliphatic heterocycles. The Bertz CT molecular complexity index is 1110. The van der Waals surface area contributed by atoms with E-state index in [-0.39, 0.29) is 23.8 Å². The molecule has 0 N–H and O–H groups in total. The van der Waals surface area contributed by atoms with Crippen LogP contribution in [0.15, 0.2) is 64.5 Å². The normalized spacial score (nSPS) is 10.7. The molecule has 1 heterocycles. The lowest BCUT2D eigenvalue weighted by molar-refractivity contribution is -0.116. The quantitative estimate of drug-likeness (QED) is 0.228. The second-order valence-electron chi connectivity index (χ2n) is 6.48. The molecule has 0 spiro atoms. The van der Waals surface area contributed by atoms with Crippen molar-refractivity contribution < 1.29 is 9.53 Å². The number of benzene rings is 2. The number of amides is 1. The third-order valence-corrected chi connectivity index (χ3v) is 5.44. The van der Waals surface area contributed by atoms with Crippen molar-refractivity contribution in [3.05, 3.63) is 65.0 Å². The number of rotatable bonds is 9. The molecule has 0 saturated carbocycles. The van der Waals surface area contributed by atoms with E-state index in [0.717, 1.165) is 0 Å². The van der Waals surface area contributed by atoms with Crippen LogP contribution in [0.3, 0.4) is 0 Å². The molecule has 0 fully saturated rings. The van der Waals surface area contributed by atoms with Crippen molar-refractivity contribution >= 4 is 34.3 Å². The Morgan fingerprint density at radius 3 is 2.67 bits per heavy atom. The number of carbonyl (C=O) groups excluding carboxylic acids is 1. The maximum absolute atomic E-state index is 13.0. The smallest absolute Gasteiger partial charge is 0.262 e. The molecule has 3 rings (SSSR count). The largest absolute Gasteiger partial charge is 0.385 e. The van der Waals surface area contributed by atoms with Crippen LogP contribution in [0.2, 0.25) is 0 Å². The van der Waals surface area contributed by atoms with Crippen LogP contribution in [-0.4, -0.2) is 41.5 Å². The Balaban J connectivity index is 1.86. The predicted molar refractivity (Wildman–Crippen MR) is 118 cm³/mol. The summed E-state index contributed by atoms with van der Waals surface area (Å²) in [5, 5.41) is 10.2. The first-order valence-corrected chi connectivity index (χ1v) is 10.5. The lowest BCUT2D eigenvalue weighted by Gasteiger charge is -2.20. The van der Waals surface area contributed by atoms with Gasteiger partial charge in [-0.2, -0.15) is 5.26 Å². The van der Waals surface area contributed by atoms with Gasteiger partial charge in [0, 0.05) is 25.9 Å². The minimum atomic E-state index is -0.224. The molecule has 0 aliphatic rings. The first-order chi connectivity index (χ1) is 14.7. The molecule has 30 heavy (non-hydrogen) atoms. The van der Waals surface area contributed by atoms with Gasteiger partial charge in [-0.1, -0.05) is 42.1 Å². The van der Waals surface area contributed by atoms with Crippen molar-refractivity contribution in [3.8, 4) is 6.07 Å². The first kappa shape index (κ1) is 21.6. The van der Waals surface area contributed by atoms with E-state index in [1.807, 2.05) is 30.3 Å². The van der Waals surface area contributed by atoms with E-state index >= 15 is 0 Å². The summed E-state index contributed by atoms with van der Waals surface area (Å²) in [6, 6.07) is 18.3. The molecule has 1 aromatic heterocycles. The Morgan fingerprint density at radius 1 is 1.20 bits per heavy atom. The number of hydrogen-bond acceptors (Lipinski definition) is 6. The molecule has 7 nitrogen and oxygen atoms in total. The van der Waals surface area contributed by atoms with Gasteiger partial charge in [0.1, 0.15) is 6.54 Å². The number of ether oxygens (including phenoxy) is 1. The van der Waals surface area contributed by atoms with Gasteiger partial charge in [-0.25, -0.2) is 4.98 Å². The van der Waals surface area contributed by atoms with Crippen molar-refractivity contribution in [2.24, 2.45) is 0 Å². The number of methoxy groups -OCH3 is 1. The van der Waals surface area contributed by atoms with Gasteiger partial charge in [0.15, 0.2) is 5.16 Å². The average molecular weight is 423 g/mol. The van der Waals surface area contributed by atoms with Gasteiger partial charge in [0.2, 0.25) is 5.91 Å². The highest BCUT2D eigenvalue weighted by molar-refractivity contribution is 7.99. The predicted octanol–water partition coefficient (Wildman–Crippen LogP) is 3.08. The maximum atomic E-state index is 13.0. The average Bonchev–Trinajstić information content (AvgIpc) is 2.78. The number of anilines is 1. The van der Waals surface area contributed by atoms with E-state index in [9.17, 15) is 9.59 Å². The molecule has 3 aromatic rings. The molecule has 0 atom stereocenters. The highest BCUT2D eigenvalue weighted by Gasteiger charge is 2.18. The van der Waals surface area contributed by atoms with Crippen molar-refractivity contribution in [1.82, 2.24) is 9.55 Å². The molecular formula is C22H22N4O3S. The van der Waals surface area contributed by atoms with E-state index in [1.165, 1.54) is 16.7 Å². The molecule has 0 bridgehead atoms. The first-order valence-electron chi connectivity index (χ1n) is 9.49. The second-order valence-corrected chi connectivity index (χ2v) is 7.42. The number of carbonyl (C=O) groups is 1. The van der Waals surface area contributed by atoms with Crippen molar-refractivity contribution in [1.29, 1.82) is 5.26 Å². The molecule has 0 radical (unpaired) electrons. The Labute approximate surface area is 178 Å². The monoisotopic (exact) mass is 422 g/mol. The highest BCUT2D eigenvalue weighted by atomic mass is 32.2. The molecule has 8 heteroatoms. The standard InChI is InChI=1S/C22H22N4O3S/c1-29-15-7-13-26-21(28)18-10-5-6-11-19(18)24-22(26)30-16-20(27)25(14-12-23)17-8-3-2-4-9-17/h2-6,8-11H,7,13-16H2,1H3. The summed E-state index contributed by atoms with van der Waals surface area (Å²) < 4.78 is 6.70. The van der Waals surface area contributed by atoms with Crippen LogP contribution in [-0.2, 0) is 16.1 Å². The van der Waals surface area contributed by atoms with E-state index < -0.39 is 0 Å². The molecule has 0 unspecified atom stereocenters. The molecule has 0 saturated heterocycles. The molecule has 154 valence electrons. The number of fused-ring (bicyclic) bond motifs is 1. The van der Waals surface area contributed by atoms with Crippen molar-refractivity contribution in [2.45, 2.75) is 18.1 Å². The maximum Gasteiger partial charge on any atom is 0.262 e. The summed E-state index contributed by atoms with van der Waals surface area (Å²) in [4.78, 5) is 31.9. The number of nitriles is 1. The van der Waals surface area contributed by atoms with Gasteiger partial charge >= 0.3 is 0 Å². The minimum Gasteiger partial charge on any atom is -0.385 e. The van der Waals surface area contributed by atoms with Gasteiger partial charge in [-0.05, 0) is 30.7 Å².